The van der Waals surface area contributed by atoms with Crippen molar-refractivity contribution >= 4 is 11.6 Å². The van der Waals surface area contributed by atoms with Crippen LogP contribution in [0.2, 0.25) is 0 Å². The quantitative estimate of drug-likeness (QED) is 0.867. The number of hydrogen-bond acceptors (Lipinski definition) is 3. The fourth-order valence-electron chi connectivity index (χ4n) is 3.16. The predicted molar refractivity (Wildman–Crippen MR) is 71.5 cm³/mol. The molecule has 19 heavy (non-hydrogen) atoms. The van der Waals surface area contributed by atoms with Gasteiger partial charge in [0, 0.05) is 24.8 Å². The molecule has 3 atom stereocenters. The fourth-order valence-corrected chi connectivity index (χ4v) is 3.16. The number of halogens is 1. The van der Waals surface area contributed by atoms with E-state index in [1.165, 1.54) is 25.1 Å². The zero-order valence-electron chi connectivity index (χ0n) is 10.7. The van der Waals surface area contributed by atoms with Crippen molar-refractivity contribution in [2.75, 3.05) is 25.0 Å². The Hall–Kier alpha value is -1.62. The summed E-state index contributed by atoms with van der Waals surface area (Å²) < 4.78 is 13.4. The molecular weight excluding hydrogens is 245 g/mol. The Kier molecular flexibility index (Phi) is 3.14. The number of nitrogens with zero attached hydrogens (tertiary/aromatic N) is 1. The molecule has 3 rings (SSSR count). The molecule has 0 aromatic heterocycles. The van der Waals surface area contributed by atoms with Crippen molar-refractivity contribution in [3.63, 3.8) is 0 Å². The van der Waals surface area contributed by atoms with Crippen LogP contribution in [0.1, 0.15) is 23.2 Å². The number of carbonyl (C=O) groups is 1. The van der Waals surface area contributed by atoms with Crippen LogP contribution in [-0.2, 0) is 0 Å². The summed E-state index contributed by atoms with van der Waals surface area (Å²) in [6.45, 7) is 3.43. The second kappa shape index (κ2) is 4.81. The van der Waals surface area contributed by atoms with Crippen molar-refractivity contribution in [1.82, 2.24) is 4.90 Å². The number of nitrogens with one attached hydrogen (secondary N) is 1. The molecule has 2 aliphatic heterocycles. The van der Waals surface area contributed by atoms with Gasteiger partial charge in [0.05, 0.1) is 5.56 Å². The highest BCUT2D eigenvalue weighted by Gasteiger charge is 2.34. The highest BCUT2D eigenvalue weighted by Crippen LogP contribution is 2.29. The Morgan fingerprint density at radius 2 is 2.16 bits per heavy atom. The van der Waals surface area contributed by atoms with Crippen LogP contribution in [0.15, 0.2) is 18.2 Å². The number of amides is 1. The summed E-state index contributed by atoms with van der Waals surface area (Å²) in [7, 11) is 0. The van der Waals surface area contributed by atoms with Gasteiger partial charge < -0.3 is 16.0 Å². The number of nitrogens with two attached hydrogens (primary N) is 1. The second-order valence-electron chi connectivity index (χ2n) is 5.45. The van der Waals surface area contributed by atoms with E-state index in [1.807, 2.05) is 0 Å². The highest BCUT2D eigenvalue weighted by atomic mass is 19.1. The Morgan fingerprint density at radius 3 is 2.95 bits per heavy atom. The molecule has 2 heterocycles. The topological polar surface area (TPSA) is 58.4 Å². The van der Waals surface area contributed by atoms with Gasteiger partial charge in [-0.2, -0.15) is 0 Å². The smallest absolute Gasteiger partial charge is 0.251 e. The Morgan fingerprint density at radius 1 is 1.37 bits per heavy atom. The van der Waals surface area contributed by atoms with E-state index in [4.69, 9.17) is 5.73 Å². The average molecular weight is 263 g/mol. The third kappa shape index (κ3) is 2.42. The van der Waals surface area contributed by atoms with E-state index in [-0.39, 0.29) is 5.56 Å². The third-order valence-electron chi connectivity index (χ3n) is 4.22. The van der Waals surface area contributed by atoms with E-state index >= 15 is 0 Å². The number of hydrogen-bond donors (Lipinski definition) is 2. The molecule has 2 saturated heterocycles. The van der Waals surface area contributed by atoms with E-state index in [0.29, 0.717) is 12.0 Å². The van der Waals surface area contributed by atoms with Crippen LogP contribution < -0.4 is 11.1 Å². The summed E-state index contributed by atoms with van der Waals surface area (Å²) in [5, 5.41) is 3.43. The summed E-state index contributed by atoms with van der Waals surface area (Å²) in [6.07, 6.45) is 2.30. The molecule has 3 N–H and O–H groups in total. The predicted octanol–water partition coefficient (Wildman–Crippen LogP) is 1.43. The van der Waals surface area contributed by atoms with Crippen molar-refractivity contribution < 1.29 is 9.18 Å². The van der Waals surface area contributed by atoms with E-state index in [1.54, 1.807) is 6.07 Å². The van der Waals surface area contributed by atoms with E-state index < -0.39 is 11.7 Å². The Bertz CT molecular complexity index is 505. The van der Waals surface area contributed by atoms with Gasteiger partial charge in [-0.25, -0.2) is 4.39 Å². The Balaban J connectivity index is 1.76. The van der Waals surface area contributed by atoms with E-state index in [0.717, 1.165) is 25.2 Å². The van der Waals surface area contributed by atoms with Gasteiger partial charge in [0.1, 0.15) is 5.82 Å². The third-order valence-corrected chi connectivity index (χ3v) is 4.22. The lowest BCUT2D eigenvalue weighted by atomic mass is 9.94. The maximum Gasteiger partial charge on any atom is 0.251 e. The number of rotatable bonds is 3. The summed E-state index contributed by atoms with van der Waals surface area (Å²) >= 11 is 0. The van der Waals surface area contributed by atoms with Crippen molar-refractivity contribution in [2.24, 2.45) is 11.7 Å². The second-order valence-corrected chi connectivity index (χ2v) is 5.45. The molecule has 3 unspecified atom stereocenters. The minimum Gasteiger partial charge on any atom is -0.382 e. The lowest BCUT2D eigenvalue weighted by Crippen LogP contribution is -2.39. The molecular formula is C14H18FN3O. The normalized spacial score (nSPS) is 29.2. The first-order chi connectivity index (χ1) is 9.13. The van der Waals surface area contributed by atoms with Gasteiger partial charge in [0.25, 0.3) is 5.91 Å². The lowest BCUT2D eigenvalue weighted by Gasteiger charge is -2.31. The van der Waals surface area contributed by atoms with Crippen molar-refractivity contribution in [3.05, 3.63) is 29.6 Å². The first-order valence-corrected chi connectivity index (χ1v) is 6.72. The maximum absolute atomic E-state index is 13.4. The van der Waals surface area contributed by atoms with Crippen LogP contribution in [-0.4, -0.2) is 36.5 Å². The molecule has 4 nitrogen and oxygen atoms in total. The number of piperidine rings is 1. The minimum atomic E-state index is -0.725. The van der Waals surface area contributed by atoms with Gasteiger partial charge >= 0.3 is 0 Å². The van der Waals surface area contributed by atoms with Gasteiger partial charge in [0.2, 0.25) is 0 Å². The monoisotopic (exact) mass is 263 g/mol. The summed E-state index contributed by atoms with van der Waals surface area (Å²) in [5.41, 5.74) is 5.89. The van der Waals surface area contributed by atoms with Crippen molar-refractivity contribution in [1.29, 1.82) is 0 Å². The van der Waals surface area contributed by atoms with Crippen LogP contribution in [0.4, 0.5) is 10.1 Å². The number of carbonyl (C=O) groups excluding carboxylic acids is 1. The molecule has 1 aromatic rings. The van der Waals surface area contributed by atoms with Gasteiger partial charge in [-0.1, -0.05) is 0 Å². The molecule has 1 aromatic carbocycles. The van der Waals surface area contributed by atoms with Crippen molar-refractivity contribution in [2.45, 2.75) is 18.9 Å². The molecule has 2 aliphatic rings. The summed E-state index contributed by atoms with van der Waals surface area (Å²) in [5.74, 6) is -0.638. The molecule has 2 bridgehead atoms. The van der Waals surface area contributed by atoms with Crippen LogP contribution in [0.5, 0.6) is 0 Å². The first kappa shape index (κ1) is 12.4. The number of fused-ring (bicyclic) bond motifs is 2. The van der Waals surface area contributed by atoms with Gasteiger partial charge in [-0.15, -0.1) is 0 Å². The highest BCUT2D eigenvalue weighted by molar-refractivity contribution is 5.94. The van der Waals surface area contributed by atoms with Crippen molar-refractivity contribution in [3.8, 4) is 0 Å². The fraction of sp³-hybridized carbons (Fsp3) is 0.500. The SMILES string of the molecule is NC(=O)c1cc(NC2CCN3CCC2C3)ccc1F. The molecule has 5 heteroatoms. The first-order valence-electron chi connectivity index (χ1n) is 6.72. The zero-order valence-corrected chi connectivity index (χ0v) is 10.7. The van der Waals surface area contributed by atoms with Crippen LogP contribution >= 0.6 is 0 Å². The maximum atomic E-state index is 13.4. The molecule has 0 radical (unpaired) electrons. The van der Waals surface area contributed by atoms with E-state index in [9.17, 15) is 9.18 Å². The van der Waals surface area contributed by atoms with Gasteiger partial charge in [-0.3, -0.25) is 4.79 Å². The van der Waals surface area contributed by atoms with E-state index in [2.05, 4.69) is 10.2 Å². The van der Waals surface area contributed by atoms with Crippen LogP contribution in [0, 0.1) is 11.7 Å². The minimum absolute atomic E-state index is 0.0474. The number of benzene rings is 1. The number of primary amides is 1. The molecule has 1 amide bonds. The molecule has 102 valence electrons. The number of anilines is 1. The Labute approximate surface area is 111 Å². The standard InChI is InChI=1S/C14H18FN3O/c15-12-2-1-10(7-11(12)14(16)19)17-13-4-6-18-5-3-9(13)8-18/h1-2,7,9,13,17H,3-6,8H2,(H2,16,19). The molecule has 0 saturated carbocycles. The molecule has 2 fully saturated rings. The largest absolute Gasteiger partial charge is 0.382 e. The van der Waals surface area contributed by atoms with Crippen LogP contribution in [0.3, 0.4) is 0 Å². The summed E-state index contributed by atoms with van der Waals surface area (Å²) in [4.78, 5) is 13.6. The zero-order chi connectivity index (χ0) is 13.4. The van der Waals surface area contributed by atoms with Gasteiger partial charge in [0.15, 0.2) is 0 Å². The molecule has 0 aliphatic carbocycles. The van der Waals surface area contributed by atoms with Crippen LogP contribution in [0.25, 0.3) is 0 Å². The summed E-state index contributed by atoms with van der Waals surface area (Å²) in [6, 6.07) is 4.89. The lowest BCUT2D eigenvalue weighted by molar-refractivity contribution is 0.0996. The average Bonchev–Trinajstić information content (AvgIpc) is 2.77. The molecule has 0 spiro atoms. The van der Waals surface area contributed by atoms with Gasteiger partial charge in [-0.05, 0) is 43.5 Å².